The topological polar surface area (TPSA) is 29.1 Å². The molecule has 5 heteroatoms. The van der Waals surface area contributed by atoms with Crippen molar-refractivity contribution in [1.82, 2.24) is 0 Å². The van der Waals surface area contributed by atoms with Crippen LogP contribution in [0.5, 0.6) is 0 Å². The van der Waals surface area contributed by atoms with Crippen molar-refractivity contribution < 1.29 is 4.79 Å². The summed E-state index contributed by atoms with van der Waals surface area (Å²) in [5, 5.41) is 3.77. The molecule has 0 aliphatic carbocycles. The minimum atomic E-state index is -0.178. The molecule has 0 aliphatic heterocycles. The number of amides is 1. The molecule has 0 atom stereocenters. The standard InChI is InChI=1S/C14H11Cl2NOS/c1-19-13-5-3-2-4-12(13)14(18)17-11-7-9(15)6-10(16)8-11/h2-8H,1H3,(H,17,18). The Morgan fingerprint density at radius 3 is 2.37 bits per heavy atom. The first-order valence-corrected chi connectivity index (χ1v) is 7.48. The van der Waals surface area contributed by atoms with Crippen LogP contribution < -0.4 is 5.32 Å². The molecule has 1 N–H and O–H groups in total. The number of hydrogen-bond donors (Lipinski definition) is 1. The number of carbonyl (C=O) groups is 1. The van der Waals surface area contributed by atoms with Crippen LogP contribution in [0, 0.1) is 0 Å². The van der Waals surface area contributed by atoms with E-state index in [9.17, 15) is 4.79 Å². The van der Waals surface area contributed by atoms with Gasteiger partial charge in [0.15, 0.2) is 0 Å². The van der Waals surface area contributed by atoms with Crippen molar-refractivity contribution in [3.8, 4) is 0 Å². The summed E-state index contributed by atoms with van der Waals surface area (Å²) in [4.78, 5) is 13.1. The SMILES string of the molecule is CSc1ccccc1C(=O)Nc1cc(Cl)cc(Cl)c1. The van der Waals surface area contributed by atoms with Crippen molar-refractivity contribution in [2.75, 3.05) is 11.6 Å². The van der Waals surface area contributed by atoms with E-state index in [1.54, 1.807) is 24.3 Å². The summed E-state index contributed by atoms with van der Waals surface area (Å²) in [6, 6.07) is 12.4. The van der Waals surface area contributed by atoms with Crippen LogP contribution in [0.2, 0.25) is 10.0 Å². The van der Waals surface area contributed by atoms with Crippen LogP contribution in [0.15, 0.2) is 47.4 Å². The molecule has 0 unspecified atom stereocenters. The Kier molecular flexibility index (Phi) is 4.75. The van der Waals surface area contributed by atoms with Gasteiger partial charge in [-0.3, -0.25) is 4.79 Å². The highest BCUT2D eigenvalue weighted by Crippen LogP contribution is 2.24. The van der Waals surface area contributed by atoms with Gasteiger partial charge in [-0.25, -0.2) is 0 Å². The zero-order chi connectivity index (χ0) is 13.8. The Bertz CT molecular complexity index is 596. The molecule has 0 bridgehead atoms. The third kappa shape index (κ3) is 3.66. The van der Waals surface area contributed by atoms with Crippen LogP contribution in [-0.4, -0.2) is 12.2 Å². The zero-order valence-corrected chi connectivity index (χ0v) is 12.4. The monoisotopic (exact) mass is 311 g/mol. The third-order valence-electron chi connectivity index (χ3n) is 2.47. The fourth-order valence-corrected chi connectivity index (χ4v) is 2.78. The Morgan fingerprint density at radius 1 is 1.11 bits per heavy atom. The average molecular weight is 312 g/mol. The quantitative estimate of drug-likeness (QED) is 0.811. The minimum Gasteiger partial charge on any atom is -0.322 e. The Hall–Kier alpha value is -1.16. The van der Waals surface area contributed by atoms with E-state index in [0.29, 0.717) is 21.3 Å². The lowest BCUT2D eigenvalue weighted by atomic mass is 10.2. The molecule has 19 heavy (non-hydrogen) atoms. The minimum absolute atomic E-state index is 0.178. The van der Waals surface area contributed by atoms with E-state index in [1.165, 1.54) is 11.8 Å². The molecule has 0 spiro atoms. The summed E-state index contributed by atoms with van der Waals surface area (Å²) in [5.74, 6) is -0.178. The molecule has 0 fully saturated rings. The van der Waals surface area contributed by atoms with Gasteiger partial charge in [-0.2, -0.15) is 0 Å². The van der Waals surface area contributed by atoms with E-state index in [1.807, 2.05) is 24.5 Å². The molecule has 0 aromatic heterocycles. The van der Waals surface area contributed by atoms with Crippen molar-refractivity contribution in [1.29, 1.82) is 0 Å². The fourth-order valence-electron chi connectivity index (χ4n) is 1.66. The molecule has 98 valence electrons. The summed E-state index contributed by atoms with van der Waals surface area (Å²) >= 11 is 13.3. The largest absolute Gasteiger partial charge is 0.322 e. The molecule has 0 saturated heterocycles. The van der Waals surface area contributed by atoms with Crippen molar-refractivity contribution >= 4 is 46.6 Å². The van der Waals surface area contributed by atoms with Gasteiger partial charge in [0.25, 0.3) is 5.91 Å². The Morgan fingerprint density at radius 2 is 1.74 bits per heavy atom. The molecule has 2 rings (SSSR count). The van der Waals surface area contributed by atoms with Gasteiger partial charge in [0, 0.05) is 20.6 Å². The molecular weight excluding hydrogens is 301 g/mol. The Labute approximate surface area is 126 Å². The summed E-state index contributed by atoms with van der Waals surface area (Å²) in [6.07, 6.45) is 1.93. The van der Waals surface area contributed by atoms with Gasteiger partial charge in [0.05, 0.1) is 5.56 Å². The van der Waals surface area contributed by atoms with Crippen LogP contribution in [0.4, 0.5) is 5.69 Å². The number of carbonyl (C=O) groups excluding carboxylic acids is 1. The maximum absolute atomic E-state index is 12.2. The Balaban J connectivity index is 2.25. The van der Waals surface area contributed by atoms with E-state index in [4.69, 9.17) is 23.2 Å². The van der Waals surface area contributed by atoms with Crippen LogP contribution in [0.25, 0.3) is 0 Å². The second-order valence-electron chi connectivity index (χ2n) is 3.81. The molecule has 2 aromatic carbocycles. The highest BCUT2D eigenvalue weighted by Gasteiger charge is 2.11. The first-order valence-electron chi connectivity index (χ1n) is 5.50. The van der Waals surface area contributed by atoms with Crippen molar-refractivity contribution in [2.45, 2.75) is 4.90 Å². The second-order valence-corrected chi connectivity index (χ2v) is 5.53. The van der Waals surface area contributed by atoms with Gasteiger partial charge in [-0.1, -0.05) is 35.3 Å². The molecule has 2 nitrogen and oxygen atoms in total. The number of halogens is 2. The van der Waals surface area contributed by atoms with Crippen LogP contribution in [0.1, 0.15) is 10.4 Å². The van der Waals surface area contributed by atoms with Crippen molar-refractivity contribution in [3.05, 3.63) is 58.1 Å². The van der Waals surface area contributed by atoms with Gasteiger partial charge in [-0.15, -0.1) is 11.8 Å². The second kappa shape index (κ2) is 6.33. The van der Waals surface area contributed by atoms with Crippen LogP contribution in [0.3, 0.4) is 0 Å². The number of anilines is 1. The molecule has 0 radical (unpaired) electrons. The van der Waals surface area contributed by atoms with E-state index >= 15 is 0 Å². The highest BCUT2D eigenvalue weighted by molar-refractivity contribution is 7.98. The molecule has 0 aliphatic rings. The predicted octanol–water partition coefficient (Wildman–Crippen LogP) is 4.97. The molecule has 0 saturated carbocycles. The third-order valence-corrected chi connectivity index (χ3v) is 3.70. The lowest BCUT2D eigenvalue weighted by Crippen LogP contribution is -2.12. The number of benzene rings is 2. The van der Waals surface area contributed by atoms with Gasteiger partial charge >= 0.3 is 0 Å². The van der Waals surface area contributed by atoms with Crippen molar-refractivity contribution in [2.24, 2.45) is 0 Å². The zero-order valence-electron chi connectivity index (χ0n) is 10.1. The van der Waals surface area contributed by atoms with E-state index in [-0.39, 0.29) is 5.91 Å². The fraction of sp³-hybridized carbons (Fsp3) is 0.0714. The van der Waals surface area contributed by atoms with E-state index in [0.717, 1.165) is 4.90 Å². The van der Waals surface area contributed by atoms with Crippen LogP contribution in [-0.2, 0) is 0 Å². The van der Waals surface area contributed by atoms with Crippen molar-refractivity contribution in [3.63, 3.8) is 0 Å². The number of rotatable bonds is 3. The average Bonchev–Trinajstić information content (AvgIpc) is 2.37. The molecule has 1 amide bonds. The number of nitrogens with one attached hydrogen (secondary N) is 1. The lowest BCUT2D eigenvalue weighted by molar-refractivity contribution is 0.102. The van der Waals surface area contributed by atoms with Gasteiger partial charge in [-0.05, 0) is 36.6 Å². The number of thioether (sulfide) groups is 1. The number of hydrogen-bond acceptors (Lipinski definition) is 2. The van der Waals surface area contributed by atoms with E-state index in [2.05, 4.69) is 5.32 Å². The maximum atomic E-state index is 12.2. The van der Waals surface area contributed by atoms with Gasteiger partial charge in [0.2, 0.25) is 0 Å². The summed E-state index contributed by atoms with van der Waals surface area (Å²) in [6.45, 7) is 0. The van der Waals surface area contributed by atoms with Gasteiger partial charge < -0.3 is 5.32 Å². The molecule has 2 aromatic rings. The summed E-state index contributed by atoms with van der Waals surface area (Å²) in [7, 11) is 0. The van der Waals surface area contributed by atoms with Gasteiger partial charge in [0.1, 0.15) is 0 Å². The van der Waals surface area contributed by atoms with Crippen LogP contribution >= 0.6 is 35.0 Å². The maximum Gasteiger partial charge on any atom is 0.256 e. The lowest BCUT2D eigenvalue weighted by Gasteiger charge is -2.09. The first-order chi connectivity index (χ1) is 9.10. The molecular formula is C14H11Cl2NOS. The molecule has 0 heterocycles. The van der Waals surface area contributed by atoms with E-state index < -0.39 is 0 Å². The predicted molar refractivity (Wildman–Crippen MR) is 82.6 cm³/mol. The summed E-state index contributed by atoms with van der Waals surface area (Å²) < 4.78 is 0. The summed E-state index contributed by atoms with van der Waals surface area (Å²) in [5.41, 5.74) is 1.21. The first kappa shape index (κ1) is 14.3. The smallest absolute Gasteiger partial charge is 0.256 e. The highest BCUT2D eigenvalue weighted by atomic mass is 35.5. The normalized spacial score (nSPS) is 10.3.